The highest BCUT2D eigenvalue weighted by Crippen LogP contribution is 2.24. The molecule has 1 N–H and O–H groups in total. The van der Waals surface area contributed by atoms with Crippen LogP contribution in [0.15, 0.2) is 30.3 Å². The molecule has 138 valence electrons. The van der Waals surface area contributed by atoms with Crippen molar-refractivity contribution in [2.45, 2.75) is 58.2 Å². The first-order valence-electron chi connectivity index (χ1n) is 8.29. The second-order valence-electron chi connectivity index (χ2n) is 7.46. The number of benzene rings is 1. The Morgan fingerprint density at radius 2 is 1.96 bits per heavy atom. The molecule has 5 nitrogen and oxygen atoms in total. The number of ether oxygens (including phenoxy) is 3. The summed E-state index contributed by atoms with van der Waals surface area (Å²) in [6.45, 7) is 9.49. The molecule has 0 aromatic heterocycles. The van der Waals surface area contributed by atoms with Crippen LogP contribution < -0.4 is 5.32 Å². The van der Waals surface area contributed by atoms with Gasteiger partial charge >= 0.3 is 6.09 Å². The first-order valence-corrected chi connectivity index (χ1v) is 8.67. The highest BCUT2D eigenvalue weighted by Gasteiger charge is 2.36. The van der Waals surface area contributed by atoms with Gasteiger partial charge in [-0.1, -0.05) is 35.9 Å². The molecule has 2 atom stereocenters. The van der Waals surface area contributed by atoms with Gasteiger partial charge in [0.25, 0.3) is 0 Å². The van der Waals surface area contributed by atoms with Crippen LogP contribution in [0.2, 0.25) is 5.02 Å². The molecule has 0 radical (unpaired) electrons. The largest absolute Gasteiger partial charge is 0.444 e. The molecule has 1 aromatic rings. The first kappa shape index (κ1) is 19.8. The average molecular weight is 368 g/mol. The molecule has 0 spiro atoms. The monoisotopic (exact) mass is 367 g/mol. The summed E-state index contributed by atoms with van der Waals surface area (Å²) in [6.07, 6.45) is 3.02. The summed E-state index contributed by atoms with van der Waals surface area (Å²) in [5.74, 6) is -0.721. The van der Waals surface area contributed by atoms with E-state index in [1.807, 2.05) is 71.0 Å². The summed E-state index contributed by atoms with van der Waals surface area (Å²) in [5.41, 5.74) is 0.433. The van der Waals surface area contributed by atoms with Gasteiger partial charge in [0, 0.05) is 5.02 Å². The summed E-state index contributed by atoms with van der Waals surface area (Å²) in [4.78, 5) is 12.1. The van der Waals surface area contributed by atoms with E-state index in [-0.39, 0.29) is 12.1 Å². The van der Waals surface area contributed by atoms with Gasteiger partial charge in [-0.3, -0.25) is 0 Å². The van der Waals surface area contributed by atoms with Gasteiger partial charge in [0.1, 0.15) is 11.7 Å². The number of alkyl carbamates (subject to hydrolysis) is 1. The number of amides is 1. The molecule has 0 bridgehead atoms. The highest BCUT2D eigenvalue weighted by atomic mass is 35.5. The number of carbonyl (C=O) groups excluding carboxylic acids is 1. The van der Waals surface area contributed by atoms with Gasteiger partial charge in [-0.2, -0.15) is 0 Å². The second-order valence-corrected chi connectivity index (χ2v) is 7.89. The normalized spacial score (nSPS) is 23.4. The lowest BCUT2D eigenvalue weighted by atomic mass is 10.1. The average Bonchev–Trinajstić information content (AvgIpc) is 2.47. The van der Waals surface area contributed by atoms with Crippen LogP contribution in [0, 0.1) is 0 Å². The molecule has 25 heavy (non-hydrogen) atoms. The number of hydrogen-bond acceptors (Lipinski definition) is 4. The number of carbonyl (C=O) groups is 1. The predicted molar refractivity (Wildman–Crippen MR) is 98.5 cm³/mol. The highest BCUT2D eigenvalue weighted by molar-refractivity contribution is 6.30. The second kappa shape index (κ2) is 7.77. The third-order valence-corrected chi connectivity index (χ3v) is 3.73. The van der Waals surface area contributed by atoms with E-state index >= 15 is 0 Å². The Bertz CT molecular complexity index is 619. The minimum atomic E-state index is -0.721. The lowest BCUT2D eigenvalue weighted by Crippen LogP contribution is -2.55. The fourth-order valence-electron chi connectivity index (χ4n) is 2.37. The SMILES string of the molecule is CC(C)(C)OC(=O)NC1COC(C)(C)O[C@@H]1/C=C/c1ccc(Cl)cc1. The number of nitrogens with one attached hydrogen (secondary N) is 1. The van der Waals surface area contributed by atoms with Crippen LogP contribution in [-0.2, 0) is 14.2 Å². The standard InChI is InChI=1S/C19H26ClNO4/c1-18(2,3)25-17(22)21-15-12-23-19(4,5)24-16(15)11-8-13-6-9-14(20)10-7-13/h6-11,15-16H,12H2,1-5H3,(H,21,22)/b11-8+/t15?,16-/m1/s1. The summed E-state index contributed by atoms with van der Waals surface area (Å²) < 4.78 is 16.9. The van der Waals surface area contributed by atoms with Crippen LogP contribution >= 0.6 is 11.6 Å². The van der Waals surface area contributed by atoms with Crippen molar-refractivity contribution in [1.29, 1.82) is 0 Å². The number of rotatable bonds is 3. The van der Waals surface area contributed by atoms with Gasteiger partial charge in [-0.25, -0.2) is 4.79 Å². The Hall–Kier alpha value is -1.56. The fourth-order valence-corrected chi connectivity index (χ4v) is 2.49. The molecule has 6 heteroatoms. The third-order valence-electron chi connectivity index (χ3n) is 3.48. The van der Waals surface area contributed by atoms with E-state index in [9.17, 15) is 4.79 Å². The lowest BCUT2D eigenvalue weighted by molar-refractivity contribution is -0.271. The maximum absolute atomic E-state index is 12.1. The Balaban J connectivity index is 2.08. The Morgan fingerprint density at radius 1 is 1.32 bits per heavy atom. The van der Waals surface area contributed by atoms with Crippen molar-refractivity contribution in [3.8, 4) is 0 Å². The molecule has 1 aliphatic heterocycles. The Morgan fingerprint density at radius 3 is 2.56 bits per heavy atom. The van der Waals surface area contributed by atoms with Gasteiger partial charge in [0.05, 0.1) is 12.6 Å². The van der Waals surface area contributed by atoms with E-state index in [2.05, 4.69) is 5.32 Å². The minimum Gasteiger partial charge on any atom is -0.444 e. The van der Waals surface area contributed by atoms with Crippen LogP contribution in [0.1, 0.15) is 40.2 Å². The molecule has 0 saturated carbocycles. The molecule has 1 saturated heterocycles. The quantitative estimate of drug-likeness (QED) is 0.860. The van der Waals surface area contributed by atoms with Gasteiger partial charge in [-0.05, 0) is 52.3 Å². The van der Waals surface area contributed by atoms with Crippen molar-refractivity contribution in [2.75, 3.05) is 6.61 Å². The fraction of sp³-hybridized carbons (Fsp3) is 0.526. The van der Waals surface area contributed by atoms with Crippen molar-refractivity contribution in [1.82, 2.24) is 5.32 Å². The Kier molecular flexibility index (Phi) is 6.14. The zero-order valence-corrected chi connectivity index (χ0v) is 16.1. The molecule has 1 aliphatic rings. The molecule has 2 rings (SSSR count). The van der Waals surface area contributed by atoms with E-state index < -0.39 is 17.5 Å². The smallest absolute Gasteiger partial charge is 0.408 e. The van der Waals surface area contributed by atoms with Crippen molar-refractivity contribution in [3.63, 3.8) is 0 Å². The summed E-state index contributed by atoms with van der Waals surface area (Å²) >= 11 is 5.90. The first-order chi connectivity index (χ1) is 11.5. The van der Waals surface area contributed by atoms with Crippen molar-refractivity contribution in [2.24, 2.45) is 0 Å². The van der Waals surface area contributed by atoms with Gasteiger partial charge in [0.2, 0.25) is 0 Å². The Labute approximate surface area is 154 Å². The summed E-state index contributed by atoms with van der Waals surface area (Å²) in [6, 6.07) is 7.14. The summed E-state index contributed by atoms with van der Waals surface area (Å²) in [7, 11) is 0. The lowest BCUT2D eigenvalue weighted by Gasteiger charge is -2.40. The van der Waals surface area contributed by atoms with Gasteiger partial charge in [-0.15, -0.1) is 0 Å². The zero-order chi connectivity index (χ0) is 18.7. The topological polar surface area (TPSA) is 56.8 Å². The van der Waals surface area contributed by atoms with E-state index in [1.54, 1.807) is 0 Å². The van der Waals surface area contributed by atoms with Crippen LogP contribution in [0.25, 0.3) is 6.08 Å². The molecular formula is C19H26ClNO4. The molecular weight excluding hydrogens is 342 g/mol. The van der Waals surface area contributed by atoms with Crippen molar-refractivity contribution >= 4 is 23.8 Å². The molecule has 1 heterocycles. The van der Waals surface area contributed by atoms with Crippen LogP contribution in [0.4, 0.5) is 4.79 Å². The van der Waals surface area contributed by atoms with Gasteiger partial charge in [0.15, 0.2) is 5.79 Å². The number of halogens is 1. The van der Waals surface area contributed by atoms with Crippen molar-refractivity contribution in [3.05, 3.63) is 40.9 Å². The zero-order valence-electron chi connectivity index (χ0n) is 15.3. The van der Waals surface area contributed by atoms with E-state index in [0.29, 0.717) is 11.6 Å². The van der Waals surface area contributed by atoms with Crippen LogP contribution in [-0.4, -0.2) is 36.2 Å². The molecule has 1 amide bonds. The maximum Gasteiger partial charge on any atom is 0.408 e. The molecule has 0 aliphatic carbocycles. The summed E-state index contributed by atoms with van der Waals surface area (Å²) in [5, 5.41) is 3.51. The maximum atomic E-state index is 12.1. The molecule has 1 unspecified atom stereocenters. The van der Waals surface area contributed by atoms with E-state index in [0.717, 1.165) is 5.56 Å². The number of hydrogen-bond donors (Lipinski definition) is 1. The molecule has 1 fully saturated rings. The van der Waals surface area contributed by atoms with Crippen molar-refractivity contribution < 1.29 is 19.0 Å². The minimum absolute atomic E-state index is 0.335. The van der Waals surface area contributed by atoms with Crippen LogP contribution in [0.3, 0.4) is 0 Å². The third kappa shape index (κ3) is 6.69. The van der Waals surface area contributed by atoms with Crippen LogP contribution in [0.5, 0.6) is 0 Å². The van der Waals surface area contributed by atoms with E-state index in [1.165, 1.54) is 0 Å². The van der Waals surface area contributed by atoms with Gasteiger partial charge < -0.3 is 19.5 Å². The van der Waals surface area contributed by atoms with E-state index in [4.69, 9.17) is 25.8 Å². The predicted octanol–water partition coefficient (Wildman–Crippen LogP) is 4.40. The molecule has 1 aromatic carbocycles.